The lowest BCUT2D eigenvalue weighted by molar-refractivity contribution is 0.0951. The highest BCUT2D eigenvalue weighted by Gasteiger charge is 2.24. The lowest BCUT2D eigenvalue weighted by atomic mass is 10.0. The van der Waals surface area contributed by atoms with E-state index in [-0.39, 0.29) is 5.91 Å². The van der Waals surface area contributed by atoms with E-state index in [1.165, 1.54) is 10.6 Å². The van der Waals surface area contributed by atoms with Gasteiger partial charge in [0.15, 0.2) is 0 Å². The normalized spacial score (nSPS) is 14.0. The van der Waals surface area contributed by atoms with Crippen molar-refractivity contribution in [3.63, 3.8) is 0 Å². The SMILES string of the molecule is CS(=O)(=O)N1CCCc2cc(C(=O)NCc3cccc4ccccc34)ccc21. The van der Waals surface area contributed by atoms with Crippen LogP contribution in [0.1, 0.15) is 27.9 Å². The summed E-state index contributed by atoms with van der Waals surface area (Å²) in [5.74, 6) is -0.160. The van der Waals surface area contributed by atoms with Crippen molar-refractivity contribution in [3.8, 4) is 0 Å². The van der Waals surface area contributed by atoms with Crippen LogP contribution in [0, 0.1) is 0 Å². The number of amides is 1. The molecule has 0 radical (unpaired) electrons. The quantitative estimate of drug-likeness (QED) is 0.737. The molecule has 1 heterocycles. The fraction of sp³-hybridized carbons (Fsp3) is 0.227. The smallest absolute Gasteiger partial charge is 0.251 e. The van der Waals surface area contributed by atoms with Crippen LogP contribution in [0.25, 0.3) is 10.8 Å². The fourth-order valence-corrected chi connectivity index (χ4v) is 4.77. The van der Waals surface area contributed by atoms with Gasteiger partial charge in [-0.05, 0) is 52.9 Å². The first-order chi connectivity index (χ1) is 13.4. The molecule has 28 heavy (non-hydrogen) atoms. The van der Waals surface area contributed by atoms with Gasteiger partial charge in [0.2, 0.25) is 10.0 Å². The van der Waals surface area contributed by atoms with Crippen LogP contribution in [0.2, 0.25) is 0 Å². The van der Waals surface area contributed by atoms with E-state index in [9.17, 15) is 13.2 Å². The summed E-state index contributed by atoms with van der Waals surface area (Å²) in [6.07, 6.45) is 2.74. The van der Waals surface area contributed by atoms with E-state index in [0.29, 0.717) is 24.3 Å². The number of sulfonamides is 1. The van der Waals surface area contributed by atoms with E-state index in [2.05, 4.69) is 23.5 Å². The van der Waals surface area contributed by atoms with Gasteiger partial charge < -0.3 is 5.32 Å². The topological polar surface area (TPSA) is 66.5 Å². The molecule has 0 aliphatic carbocycles. The Bertz CT molecular complexity index is 1150. The molecule has 0 aromatic heterocycles. The minimum atomic E-state index is -3.31. The van der Waals surface area contributed by atoms with Gasteiger partial charge in [0, 0.05) is 18.7 Å². The van der Waals surface area contributed by atoms with Gasteiger partial charge in [0.05, 0.1) is 11.9 Å². The molecule has 4 rings (SSSR count). The summed E-state index contributed by atoms with van der Waals surface area (Å²) < 4.78 is 25.4. The average molecular weight is 394 g/mol. The van der Waals surface area contributed by atoms with Crippen LogP contribution in [0.3, 0.4) is 0 Å². The average Bonchev–Trinajstić information content (AvgIpc) is 2.70. The zero-order valence-electron chi connectivity index (χ0n) is 15.7. The molecule has 5 nitrogen and oxygen atoms in total. The Kier molecular flexibility index (Phi) is 4.81. The number of nitrogens with zero attached hydrogens (tertiary/aromatic N) is 1. The lowest BCUT2D eigenvalue weighted by Gasteiger charge is -2.29. The van der Waals surface area contributed by atoms with Gasteiger partial charge in [-0.1, -0.05) is 42.5 Å². The van der Waals surface area contributed by atoms with Crippen molar-refractivity contribution in [2.24, 2.45) is 0 Å². The van der Waals surface area contributed by atoms with Crippen LogP contribution in [-0.4, -0.2) is 27.1 Å². The number of nitrogens with one attached hydrogen (secondary N) is 1. The summed E-state index contributed by atoms with van der Waals surface area (Å²) in [5, 5.41) is 5.25. The Morgan fingerprint density at radius 3 is 2.68 bits per heavy atom. The van der Waals surface area contributed by atoms with Gasteiger partial charge in [0.1, 0.15) is 0 Å². The fourth-order valence-electron chi connectivity index (χ4n) is 3.77. The first kappa shape index (κ1) is 18.5. The summed E-state index contributed by atoms with van der Waals surface area (Å²) in [6.45, 7) is 0.922. The Morgan fingerprint density at radius 2 is 1.86 bits per heavy atom. The standard InChI is InChI=1S/C22H22N2O3S/c1-28(26,27)24-13-5-9-17-14-18(11-12-21(17)24)22(25)23-15-19-8-4-7-16-6-2-3-10-20(16)19/h2-4,6-8,10-12,14H,5,9,13,15H2,1H3,(H,23,25). The molecule has 1 N–H and O–H groups in total. The molecule has 144 valence electrons. The van der Waals surface area contributed by atoms with Crippen molar-refractivity contribution in [3.05, 3.63) is 77.4 Å². The molecular formula is C22H22N2O3S. The number of fused-ring (bicyclic) bond motifs is 2. The predicted octanol–water partition coefficient (Wildman–Crippen LogP) is 3.48. The molecule has 6 heteroatoms. The summed E-state index contributed by atoms with van der Waals surface area (Å²) in [4.78, 5) is 12.7. The third-order valence-corrected chi connectivity index (χ3v) is 6.32. The second-order valence-corrected chi connectivity index (χ2v) is 9.01. The van der Waals surface area contributed by atoms with Crippen LogP contribution in [0.5, 0.6) is 0 Å². The van der Waals surface area contributed by atoms with Gasteiger partial charge >= 0.3 is 0 Å². The predicted molar refractivity (Wildman–Crippen MR) is 112 cm³/mol. The summed E-state index contributed by atoms with van der Waals surface area (Å²) in [6, 6.07) is 19.4. The molecule has 1 aliphatic rings. The minimum absolute atomic E-state index is 0.160. The minimum Gasteiger partial charge on any atom is -0.348 e. The molecular weight excluding hydrogens is 372 g/mol. The Hall–Kier alpha value is -2.86. The number of hydrogen-bond donors (Lipinski definition) is 1. The largest absolute Gasteiger partial charge is 0.348 e. The highest BCUT2D eigenvalue weighted by molar-refractivity contribution is 7.92. The molecule has 0 saturated heterocycles. The van der Waals surface area contributed by atoms with Crippen molar-refractivity contribution in [2.45, 2.75) is 19.4 Å². The van der Waals surface area contributed by atoms with Crippen molar-refractivity contribution in [1.29, 1.82) is 0 Å². The number of carbonyl (C=O) groups excluding carboxylic acids is 1. The zero-order valence-corrected chi connectivity index (χ0v) is 16.5. The lowest BCUT2D eigenvalue weighted by Crippen LogP contribution is -2.34. The van der Waals surface area contributed by atoms with Crippen LogP contribution in [0.15, 0.2) is 60.7 Å². The van der Waals surface area contributed by atoms with E-state index in [0.717, 1.165) is 34.7 Å². The molecule has 3 aromatic rings. The van der Waals surface area contributed by atoms with Gasteiger partial charge in [0.25, 0.3) is 5.91 Å². The maximum Gasteiger partial charge on any atom is 0.251 e. The second kappa shape index (κ2) is 7.28. The Balaban J connectivity index is 1.54. The second-order valence-electron chi connectivity index (χ2n) is 7.10. The van der Waals surface area contributed by atoms with Crippen molar-refractivity contribution >= 4 is 32.4 Å². The summed E-state index contributed by atoms with van der Waals surface area (Å²) in [7, 11) is -3.31. The van der Waals surface area contributed by atoms with Crippen LogP contribution >= 0.6 is 0 Å². The number of hydrogen-bond acceptors (Lipinski definition) is 3. The van der Waals surface area contributed by atoms with E-state index >= 15 is 0 Å². The number of anilines is 1. The molecule has 0 saturated carbocycles. The third-order valence-electron chi connectivity index (χ3n) is 5.14. The number of benzene rings is 3. The molecule has 0 fully saturated rings. The van der Waals surface area contributed by atoms with Crippen LogP contribution in [0.4, 0.5) is 5.69 Å². The van der Waals surface area contributed by atoms with E-state index in [1.54, 1.807) is 12.1 Å². The molecule has 0 atom stereocenters. The number of aryl methyl sites for hydroxylation is 1. The number of carbonyl (C=O) groups is 1. The maximum absolute atomic E-state index is 12.7. The highest BCUT2D eigenvalue weighted by atomic mass is 32.2. The monoisotopic (exact) mass is 394 g/mol. The van der Waals surface area contributed by atoms with E-state index in [4.69, 9.17) is 0 Å². The number of rotatable bonds is 4. The summed E-state index contributed by atoms with van der Waals surface area (Å²) in [5.41, 5.74) is 3.19. The molecule has 0 spiro atoms. The molecule has 0 bridgehead atoms. The van der Waals surface area contributed by atoms with Gasteiger partial charge in [-0.25, -0.2) is 8.42 Å². The van der Waals surface area contributed by atoms with Crippen molar-refractivity contribution in [2.75, 3.05) is 17.1 Å². The first-order valence-electron chi connectivity index (χ1n) is 9.29. The van der Waals surface area contributed by atoms with Crippen LogP contribution < -0.4 is 9.62 Å². The molecule has 1 aliphatic heterocycles. The molecule has 1 amide bonds. The van der Waals surface area contributed by atoms with Crippen molar-refractivity contribution in [1.82, 2.24) is 5.32 Å². The van der Waals surface area contributed by atoms with Gasteiger partial charge in [-0.3, -0.25) is 9.10 Å². The Labute approximate surface area is 165 Å². The molecule has 3 aromatic carbocycles. The zero-order chi connectivity index (χ0) is 19.7. The highest BCUT2D eigenvalue weighted by Crippen LogP contribution is 2.30. The van der Waals surface area contributed by atoms with Crippen molar-refractivity contribution < 1.29 is 13.2 Å². The third kappa shape index (κ3) is 3.60. The van der Waals surface area contributed by atoms with Gasteiger partial charge in [-0.2, -0.15) is 0 Å². The Morgan fingerprint density at radius 1 is 1.07 bits per heavy atom. The summed E-state index contributed by atoms with van der Waals surface area (Å²) >= 11 is 0. The van der Waals surface area contributed by atoms with Gasteiger partial charge in [-0.15, -0.1) is 0 Å². The van der Waals surface area contributed by atoms with E-state index < -0.39 is 10.0 Å². The maximum atomic E-state index is 12.7. The first-order valence-corrected chi connectivity index (χ1v) is 11.1. The molecule has 0 unspecified atom stereocenters. The van der Waals surface area contributed by atoms with Crippen LogP contribution in [-0.2, 0) is 23.0 Å². The van der Waals surface area contributed by atoms with E-state index in [1.807, 2.05) is 30.3 Å².